The van der Waals surface area contributed by atoms with Crippen LogP contribution in [0.4, 0.5) is 52.0 Å². The fourth-order valence-electron chi connectivity index (χ4n) is 5.91. The number of azo groups is 2. The molecule has 6 aromatic rings. The number of halogens is 2. The van der Waals surface area contributed by atoms with E-state index in [1.54, 1.807) is 12.1 Å². The highest BCUT2D eigenvalue weighted by atomic mass is 35.5. The molecule has 0 spiro atoms. The van der Waals surface area contributed by atoms with Crippen LogP contribution < -0.4 is 25.4 Å². The van der Waals surface area contributed by atoms with Crippen LogP contribution in [-0.4, -0.2) is 103 Å². The number of aromatic nitrogens is 3. The summed E-state index contributed by atoms with van der Waals surface area (Å²) in [4.78, 5) is 23.9. The highest BCUT2D eigenvalue weighted by Gasteiger charge is 2.19. The van der Waals surface area contributed by atoms with Crippen molar-refractivity contribution in [1.82, 2.24) is 15.0 Å². The van der Waals surface area contributed by atoms with Gasteiger partial charge in [-0.1, -0.05) is 47.5 Å². The summed E-state index contributed by atoms with van der Waals surface area (Å²) in [5.41, 5.74) is 0.630. The molecule has 0 saturated carbocycles. The maximum absolute atomic E-state index is 11.7. The molecule has 26 nitrogen and oxygen atoms in total. The van der Waals surface area contributed by atoms with Crippen molar-refractivity contribution in [2.75, 3.05) is 40.7 Å². The Labute approximate surface area is 425 Å². The largest absolute Gasteiger partial charge is 0.491 e. The zero-order valence-electron chi connectivity index (χ0n) is 36.9. The van der Waals surface area contributed by atoms with E-state index in [1.807, 2.05) is 0 Å². The standard InChI is InChI=1S/C41H38Cl2N10O16S4/c42-30-19-34(36(68-13-3-15-70(56,57)58)21-32(30)52-50-26-5-1-7-28(17-26)72(62,63)64)45-40-47-39(44-23-24-9-11-25(12-10-24)38(54)55)48-41(49-40)46-35-20-31(43)33(22-37(35)69-14-4-16-71(59,60)61)53-51-27-6-2-8-29(18-27)73(65,66)67/h1-2,5-12,17-22H,3-4,13-16,23H2,(H,54,55)(H,56,57,58)(H,59,60,61)(H,62,63,64)(H,65,66,67)(H3,44,45,46,47,48,49). The predicted octanol–water partition coefficient (Wildman–Crippen LogP) is 8.61. The zero-order valence-corrected chi connectivity index (χ0v) is 41.7. The maximum Gasteiger partial charge on any atom is 0.335 e. The quantitative estimate of drug-likeness (QED) is 0.0160. The Bertz CT molecular complexity index is 3360. The molecule has 0 amide bonds. The van der Waals surface area contributed by atoms with Crippen molar-refractivity contribution >= 4 is 122 Å². The molecule has 0 aliphatic carbocycles. The van der Waals surface area contributed by atoms with Crippen molar-refractivity contribution in [3.63, 3.8) is 0 Å². The van der Waals surface area contributed by atoms with Gasteiger partial charge in [-0.05, 0) is 79.1 Å². The van der Waals surface area contributed by atoms with Crippen LogP contribution in [0.2, 0.25) is 10.0 Å². The summed E-state index contributed by atoms with van der Waals surface area (Å²) >= 11 is 13.3. The van der Waals surface area contributed by atoms with Gasteiger partial charge in [0.05, 0.1) is 72.9 Å². The molecule has 1 heterocycles. The lowest BCUT2D eigenvalue weighted by Crippen LogP contribution is -2.12. The first-order valence-electron chi connectivity index (χ1n) is 20.5. The van der Waals surface area contributed by atoms with Gasteiger partial charge in [0.1, 0.15) is 22.9 Å². The number of anilines is 5. The van der Waals surface area contributed by atoms with Gasteiger partial charge < -0.3 is 30.5 Å². The Hall–Kier alpha value is -7.00. The van der Waals surface area contributed by atoms with Crippen LogP contribution in [-0.2, 0) is 47.0 Å². The van der Waals surface area contributed by atoms with Gasteiger partial charge in [0.2, 0.25) is 17.8 Å². The van der Waals surface area contributed by atoms with Crippen LogP contribution in [0.5, 0.6) is 11.5 Å². The number of rotatable bonds is 24. The topological polar surface area (TPSA) is 397 Å². The predicted molar refractivity (Wildman–Crippen MR) is 264 cm³/mol. The van der Waals surface area contributed by atoms with Gasteiger partial charge in [-0.25, -0.2) is 4.79 Å². The van der Waals surface area contributed by atoms with Gasteiger partial charge >= 0.3 is 5.97 Å². The number of ether oxygens (including phenoxy) is 2. The third-order valence-corrected chi connectivity index (χ3v) is 13.2. The lowest BCUT2D eigenvalue weighted by molar-refractivity contribution is 0.0696. The molecule has 0 bridgehead atoms. The number of benzene rings is 5. The number of nitrogens with one attached hydrogen (secondary N) is 3. The van der Waals surface area contributed by atoms with E-state index in [1.165, 1.54) is 60.7 Å². The third kappa shape index (κ3) is 17.3. The summed E-state index contributed by atoms with van der Waals surface area (Å²) in [6.45, 7) is -0.550. The van der Waals surface area contributed by atoms with E-state index in [0.29, 0.717) is 5.56 Å². The molecule has 73 heavy (non-hydrogen) atoms. The van der Waals surface area contributed by atoms with Crippen molar-refractivity contribution in [2.24, 2.45) is 20.5 Å². The summed E-state index contributed by atoms with van der Waals surface area (Å²) in [5.74, 6) is -3.14. The first-order chi connectivity index (χ1) is 34.3. The number of hydrogen-bond donors (Lipinski definition) is 8. The van der Waals surface area contributed by atoms with E-state index in [0.717, 1.165) is 24.3 Å². The minimum atomic E-state index is -4.59. The lowest BCUT2D eigenvalue weighted by Gasteiger charge is -2.17. The molecular formula is C41H38Cl2N10O16S4. The van der Waals surface area contributed by atoms with Crippen LogP contribution in [0.1, 0.15) is 28.8 Å². The molecule has 0 fully saturated rings. The third-order valence-electron chi connectivity index (χ3n) is 9.26. The van der Waals surface area contributed by atoms with Crippen molar-refractivity contribution < 1.29 is 71.3 Å². The molecule has 0 radical (unpaired) electrons. The van der Waals surface area contributed by atoms with Crippen molar-refractivity contribution in [3.05, 3.63) is 118 Å². The highest BCUT2D eigenvalue weighted by molar-refractivity contribution is 7.86. The molecule has 8 N–H and O–H groups in total. The fourth-order valence-corrected chi connectivity index (χ4v) is 8.32. The first-order valence-corrected chi connectivity index (χ1v) is 27.3. The molecule has 6 rings (SSSR count). The second-order valence-corrected chi connectivity index (χ2v) is 21.6. The minimum Gasteiger partial charge on any atom is -0.491 e. The number of aromatic carboxylic acids is 1. The number of nitrogens with zero attached hydrogens (tertiary/aromatic N) is 7. The Morgan fingerprint density at radius 3 is 1.38 bits per heavy atom. The monoisotopic (exact) mass is 1120 g/mol. The van der Waals surface area contributed by atoms with Crippen LogP contribution in [0, 0.1) is 0 Å². The lowest BCUT2D eigenvalue weighted by atomic mass is 10.1. The smallest absolute Gasteiger partial charge is 0.335 e. The average Bonchev–Trinajstić information content (AvgIpc) is 3.30. The van der Waals surface area contributed by atoms with E-state index in [4.69, 9.17) is 32.7 Å². The molecule has 32 heteroatoms. The fraction of sp³-hybridized carbons (Fsp3) is 0.171. The minimum absolute atomic E-state index is 0.00289. The van der Waals surface area contributed by atoms with Gasteiger partial charge in [-0.15, -0.1) is 10.2 Å². The Balaban J connectivity index is 1.40. The first kappa shape index (κ1) is 55.3. The van der Waals surface area contributed by atoms with Gasteiger partial charge in [-0.3, -0.25) is 18.2 Å². The van der Waals surface area contributed by atoms with Crippen LogP contribution in [0.3, 0.4) is 0 Å². The molecular weight excluding hydrogens is 1090 g/mol. The second-order valence-electron chi connectivity index (χ2n) is 14.8. The van der Waals surface area contributed by atoms with Gasteiger partial charge in [0, 0.05) is 18.7 Å². The number of carboxylic acids is 1. The average molecular weight is 1130 g/mol. The maximum atomic E-state index is 11.7. The van der Waals surface area contributed by atoms with Crippen LogP contribution >= 0.6 is 23.2 Å². The SMILES string of the molecule is O=C(O)c1ccc(CNc2nc(Nc3cc(Cl)c(N=Nc4cccc(S(=O)(=O)O)c4)cc3OCCCS(=O)(=O)O)nc(Nc3cc(Cl)c(N=Nc4cccc(S(=O)(=O)O)c4)cc3OCCCS(=O)(=O)O)n2)cc1. The van der Waals surface area contributed by atoms with Crippen LogP contribution in [0.25, 0.3) is 0 Å². The molecule has 386 valence electrons. The number of carbonyl (C=O) groups is 1. The molecule has 0 aliphatic heterocycles. The van der Waals surface area contributed by atoms with Gasteiger partial charge in [-0.2, -0.15) is 58.9 Å². The summed E-state index contributed by atoms with van der Waals surface area (Å²) in [7, 11) is -17.9. The second kappa shape index (κ2) is 23.7. The molecule has 0 saturated heterocycles. The molecule has 1 aromatic heterocycles. The summed E-state index contributed by atoms with van der Waals surface area (Å²) in [5, 5.41) is 34.3. The van der Waals surface area contributed by atoms with Crippen LogP contribution in [0.15, 0.2) is 127 Å². The zero-order chi connectivity index (χ0) is 53.1. The summed E-state index contributed by atoms with van der Waals surface area (Å²) in [6, 6.07) is 20.8. The number of hydrogen-bond acceptors (Lipinski definition) is 21. The Kier molecular flexibility index (Phi) is 18.0. The molecule has 5 aromatic carbocycles. The van der Waals surface area contributed by atoms with Gasteiger partial charge in [0.25, 0.3) is 40.5 Å². The Morgan fingerprint density at radius 2 is 0.986 bits per heavy atom. The van der Waals surface area contributed by atoms with E-state index in [9.17, 15) is 61.8 Å². The normalized spacial score (nSPS) is 12.2. The van der Waals surface area contributed by atoms with E-state index in [-0.39, 0.29) is 112 Å². The van der Waals surface area contributed by atoms with Gasteiger partial charge in [0.15, 0.2) is 0 Å². The Morgan fingerprint density at radius 1 is 0.562 bits per heavy atom. The van der Waals surface area contributed by atoms with E-state index >= 15 is 0 Å². The molecule has 0 atom stereocenters. The van der Waals surface area contributed by atoms with E-state index < -0.39 is 67.7 Å². The highest BCUT2D eigenvalue weighted by Crippen LogP contribution is 2.41. The number of carboxylic acid groups (broad SMARTS) is 1. The summed E-state index contributed by atoms with van der Waals surface area (Å²) in [6.07, 6.45) is -0.378. The molecule has 0 unspecified atom stereocenters. The van der Waals surface area contributed by atoms with Crippen molar-refractivity contribution in [2.45, 2.75) is 29.2 Å². The van der Waals surface area contributed by atoms with Crippen molar-refractivity contribution in [3.8, 4) is 11.5 Å². The van der Waals surface area contributed by atoms with E-state index in [2.05, 4.69) is 51.4 Å². The molecule has 0 aliphatic rings. The van der Waals surface area contributed by atoms with Crippen molar-refractivity contribution in [1.29, 1.82) is 0 Å². The summed E-state index contributed by atoms with van der Waals surface area (Å²) < 4.78 is 142.